The molecule has 0 atom stereocenters. The number of carbonyl (C=O) groups excluding carboxylic acids is 1. The summed E-state index contributed by atoms with van der Waals surface area (Å²) in [5.41, 5.74) is 2.00. The average molecular weight is 299 g/mol. The van der Waals surface area contributed by atoms with Crippen LogP contribution in [0.3, 0.4) is 0 Å². The predicted molar refractivity (Wildman–Crippen MR) is 81.5 cm³/mol. The quantitative estimate of drug-likeness (QED) is 0.946. The normalized spacial score (nSPS) is 12.6. The minimum atomic E-state index is -0.486. The zero-order valence-corrected chi connectivity index (χ0v) is 12.3. The maximum atomic E-state index is 11.8. The number of rotatable bonds is 3. The summed E-state index contributed by atoms with van der Waals surface area (Å²) in [6, 6.07) is 12.8. The van der Waals surface area contributed by atoms with Crippen LogP contribution in [0.5, 0.6) is 17.2 Å². The second-order valence-corrected chi connectivity index (χ2v) is 4.98. The van der Waals surface area contributed by atoms with Crippen LogP contribution >= 0.6 is 0 Å². The topological polar surface area (TPSA) is 56.8 Å². The minimum Gasteiger partial charge on any atom is -0.486 e. The highest BCUT2D eigenvalue weighted by Gasteiger charge is 2.14. The third-order valence-electron chi connectivity index (χ3n) is 3.38. The molecule has 1 N–H and O–H groups in total. The molecule has 1 aliphatic rings. The van der Waals surface area contributed by atoms with E-state index in [0.29, 0.717) is 31.3 Å². The fourth-order valence-electron chi connectivity index (χ4n) is 2.22. The summed E-state index contributed by atoms with van der Waals surface area (Å²) in [7, 11) is 0. The first-order valence-corrected chi connectivity index (χ1v) is 7.12. The average Bonchev–Trinajstić information content (AvgIpc) is 2.54. The summed E-state index contributed by atoms with van der Waals surface area (Å²) in [5, 5.41) is 2.74. The van der Waals surface area contributed by atoms with Crippen LogP contribution in [0.4, 0.5) is 4.79 Å². The first kappa shape index (κ1) is 14.3. The molecule has 22 heavy (non-hydrogen) atoms. The number of para-hydroxylation sites is 1. The van der Waals surface area contributed by atoms with Gasteiger partial charge in [-0.1, -0.05) is 18.2 Å². The highest BCUT2D eigenvalue weighted by Crippen LogP contribution is 2.32. The number of carbonyl (C=O) groups is 1. The lowest BCUT2D eigenvalue weighted by molar-refractivity contribution is 0.171. The van der Waals surface area contributed by atoms with Crippen LogP contribution in [0.2, 0.25) is 0 Å². The Labute approximate surface area is 128 Å². The molecule has 0 fully saturated rings. The van der Waals surface area contributed by atoms with Gasteiger partial charge in [0.2, 0.25) is 0 Å². The summed E-state index contributed by atoms with van der Waals surface area (Å²) < 4.78 is 16.3. The van der Waals surface area contributed by atoms with Crippen molar-refractivity contribution in [3.8, 4) is 17.2 Å². The Kier molecular flexibility index (Phi) is 4.14. The van der Waals surface area contributed by atoms with Crippen molar-refractivity contribution in [1.29, 1.82) is 0 Å². The largest absolute Gasteiger partial charge is 0.486 e. The number of hydrogen-bond donors (Lipinski definition) is 1. The van der Waals surface area contributed by atoms with Gasteiger partial charge in [-0.25, -0.2) is 4.79 Å². The number of hydrogen-bond acceptors (Lipinski definition) is 4. The Morgan fingerprint density at radius 1 is 1.14 bits per heavy atom. The number of nitrogens with one attached hydrogen (secondary N) is 1. The number of benzene rings is 2. The molecule has 114 valence electrons. The number of amides is 1. The minimum absolute atomic E-state index is 0.369. The molecule has 1 amide bonds. The molecule has 0 aromatic heterocycles. The second kappa shape index (κ2) is 6.39. The van der Waals surface area contributed by atoms with E-state index in [1.165, 1.54) is 0 Å². The van der Waals surface area contributed by atoms with E-state index >= 15 is 0 Å². The SMILES string of the molecule is Cc1cc2c(cc1CNC(=O)Oc1ccccc1)OCCO2. The summed E-state index contributed by atoms with van der Waals surface area (Å²) in [6.45, 7) is 3.44. The Hall–Kier alpha value is -2.69. The van der Waals surface area contributed by atoms with Crippen molar-refractivity contribution in [1.82, 2.24) is 5.32 Å². The molecular formula is C17H17NO4. The second-order valence-electron chi connectivity index (χ2n) is 4.98. The van der Waals surface area contributed by atoms with Crippen LogP contribution in [-0.4, -0.2) is 19.3 Å². The molecule has 5 nitrogen and oxygen atoms in total. The maximum Gasteiger partial charge on any atom is 0.412 e. The molecule has 2 aromatic rings. The maximum absolute atomic E-state index is 11.8. The van der Waals surface area contributed by atoms with Gasteiger partial charge in [0.1, 0.15) is 19.0 Å². The van der Waals surface area contributed by atoms with Gasteiger partial charge in [-0.05, 0) is 42.3 Å². The van der Waals surface area contributed by atoms with Crippen LogP contribution in [-0.2, 0) is 6.54 Å². The van der Waals surface area contributed by atoms with Crippen LogP contribution in [0.25, 0.3) is 0 Å². The van der Waals surface area contributed by atoms with Crippen molar-refractivity contribution in [2.75, 3.05) is 13.2 Å². The summed E-state index contributed by atoms with van der Waals surface area (Å²) in [6.07, 6.45) is -0.486. The molecule has 1 heterocycles. The molecule has 0 bridgehead atoms. The molecule has 0 spiro atoms. The first-order chi connectivity index (χ1) is 10.7. The van der Waals surface area contributed by atoms with Gasteiger partial charge < -0.3 is 19.5 Å². The molecule has 1 aliphatic heterocycles. The Bertz CT molecular complexity index is 670. The van der Waals surface area contributed by atoms with Crippen LogP contribution in [0.15, 0.2) is 42.5 Å². The Morgan fingerprint density at radius 2 is 1.82 bits per heavy atom. The van der Waals surface area contributed by atoms with Crippen LogP contribution in [0.1, 0.15) is 11.1 Å². The van der Waals surface area contributed by atoms with Gasteiger partial charge in [0.15, 0.2) is 11.5 Å². The van der Waals surface area contributed by atoms with Gasteiger partial charge in [0.25, 0.3) is 0 Å². The van der Waals surface area contributed by atoms with Crippen molar-refractivity contribution < 1.29 is 19.0 Å². The molecule has 0 aliphatic carbocycles. The van der Waals surface area contributed by atoms with Crippen LogP contribution in [0, 0.1) is 6.92 Å². The van der Waals surface area contributed by atoms with E-state index in [9.17, 15) is 4.79 Å². The third kappa shape index (κ3) is 3.31. The van der Waals surface area contributed by atoms with E-state index in [2.05, 4.69) is 5.32 Å². The number of fused-ring (bicyclic) bond motifs is 1. The van der Waals surface area contributed by atoms with E-state index in [1.807, 2.05) is 37.3 Å². The van der Waals surface area contributed by atoms with Gasteiger partial charge in [-0.3, -0.25) is 0 Å². The Balaban J connectivity index is 1.62. The molecule has 0 saturated carbocycles. The van der Waals surface area contributed by atoms with Crippen molar-refractivity contribution in [2.45, 2.75) is 13.5 Å². The molecular weight excluding hydrogens is 282 g/mol. The Morgan fingerprint density at radius 3 is 2.55 bits per heavy atom. The highest BCUT2D eigenvalue weighted by molar-refractivity contribution is 5.70. The fourth-order valence-corrected chi connectivity index (χ4v) is 2.22. The van der Waals surface area contributed by atoms with E-state index < -0.39 is 6.09 Å². The monoisotopic (exact) mass is 299 g/mol. The lowest BCUT2D eigenvalue weighted by atomic mass is 10.1. The zero-order chi connectivity index (χ0) is 15.4. The third-order valence-corrected chi connectivity index (χ3v) is 3.38. The van der Waals surface area contributed by atoms with Gasteiger partial charge >= 0.3 is 6.09 Å². The van der Waals surface area contributed by atoms with Crippen molar-refractivity contribution in [3.63, 3.8) is 0 Å². The van der Waals surface area contributed by atoms with Crippen molar-refractivity contribution >= 4 is 6.09 Å². The van der Waals surface area contributed by atoms with E-state index in [4.69, 9.17) is 14.2 Å². The fraction of sp³-hybridized carbons (Fsp3) is 0.235. The number of aryl methyl sites for hydroxylation is 1. The molecule has 0 unspecified atom stereocenters. The lowest BCUT2D eigenvalue weighted by Crippen LogP contribution is -2.26. The summed E-state index contributed by atoms with van der Waals surface area (Å²) >= 11 is 0. The summed E-state index contributed by atoms with van der Waals surface area (Å²) in [4.78, 5) is 11.8. The van der Waals surface area contributed by atoms with Crippen LogP contribution < -0.4 is 19.5 Å². The first-order valence-electron chi connectivity index (χ1n) is 7.12. The lowest BCUT2D eigenvalue weighted by Gasteiger charge is -2.20. The van der Waals surface area contributed by atoms with Gasteiger partial charge in [-0.15, -0.1) is 0 Å². The highest BCUT2D eigenvalue weighted by atomic mass is 16.6. The van der Waals surface area contributed by atoms with Gasteiger partial charge in [0, 0.05) is 6.54 Å². The summed E-state index contributed by atoms with van der Waals surface area (Å²) in [5.74, 6) is 1.98. The molecule has 3 rings (SSSR count). The predicted octanol–water partition coefficient (Wildman–Crippen LogP) is 3.05. The van der Waals surface area contributed by atoms with Crippen molar-refractivity contribution in [3.05, 3.63) is 53.6 Å². The van der Waals surface area contributed by atoms with Crippen molar-refractivity contribution in [2.24, 2.45) is 0 Å². The standard InChI is InChI=1S/C17H17NO4/c1-12-9-15-16(21-8-7-20-15)10-13(12)11-18-17(19)22-14-5-3-2-4-6-14/h2-6,9-10H,7-8,11H2,1H3,(H,18,19). The molecule has 0 saturated heterocycles. The van der Waals surface area contributed by atoms with Gasteiger partial charge in [0.05, 0.1) is 0 Å². The smallest absolute Gasteiger partial charge is 0.412 e. The zero-order valence-electron chi connectivity index (χ0n) is 12.3. The number of ether oxygens (including phenoxy) is 3. The molecule has 2 aromatic carbocycles. The van der Waals surface area contributed by atoms with E-state index in [1.54, 1.807) is 12.1 Å². The molecule has 0 radical (unpaired) electrons. The van der Waals surface area contributed by atoms with Gasteiger partial charge in [-0.2, -0.15) is 0 Å². The molecule has 5 heteroatoms. The van der Waals surface area contributed by atoms with E-state index in [-0.39, 0.29) is 0 Å². The van der Waals surface area contributed by atoms with E-state index in [0.717, 1.165) is 16.9 Å².